The Hall–Kier alpha value is -4.87. The molecule has 3 amide bonds. The molecule has 3 rings (SSSR count). The minimum atomic E-state index is -1.22. The van der Waals surface area contributed by atoms with E-state index in [1.165, 1.54) is 6.33 Å². The number of carboxylic acid groups (broad SMARTS) is 1. The van der Waals surface area contributed by atoms with Gasteiger partial charge in [0.25, 0.3) is 0 Å². The largest absolute Gasteiger partial charge is 0.497 e. The Morgan fingerprint density at radius 2 is 1.67 bits per heavy atom. The van der Waals surface area contributed by atoms with Crippen molar-refractivity contribution >= 4 is 23.9 Å². The summed E-state index contributed by atoms with van der Waals surface area (Å²) in [5.74, 6) is -1.51. The zero-order chi connectivity index (χ0) is 30.2. The van der Waals surface area contributed by atoms with E-state index < -0.39 is 30.1 Å². The molecule has 0 spiro atoms. The van der Waals surface area contributed by atoms with Crippen molar-refractivity contribution in [3.63, 3.8) is 0 Å². The number of aromatic nitrogens is 2. The summed E-state index contributed by atoms with van der Waals surface area (Å²) in [4.78, 5) is 56.4. The molecule has 1 aromatic heterocycles. The van der Waals surface area contributed by atoms with Gasteiger partial charge in [-0.05, 0) is 36.1 Å². The summed E-state index contributed by atoms with van der Waals surface area (Å²) in [6, 6.07) is 14.2. The lowest BCUT2D eigenvalue weighted by Crippen LogP contribution is -2.53. The number of rotatable bonds is 17. The Bertz CT molecular complexity index is 1270. The van der Waals surface area contributed by atoms with Gasteiger partial charge in [0.05, 0.1) is 19.1 Å². The van der Waals surface area contributed by atoms with Gasteiger partial charge in [0, 0.05) is 32.0 Å². The molecule has 0 bridgehead atoms. The molecule has 12 heteroatoms. The molecule has 0 saturated carbocycles. The average molecular weight is 580 g/mol. The third kappa shape index (κ3) is 11.3. The summed E-state index contributed by atoms with van der Waals surface area (Å²) in [5.41, 5.74) is 2.15. The van der Waals surface area contributed by atoms with E-state index in [1.807, 2.05) is 30.3 Å². The first-order valence-corrected chi connectivity index (χ1v) is 13.7. The second kappa shape index (κ2) is 17.1. The Morgan fingerprint density at radius 1 is 0.905 bits per heavy atom. The van der Waals surface area contributed by atoms with Gasteiger partial charge in [0.15, 0.2) is 0 Å². The van der Waals surface area contributed by atoms with Crippen molar-refractivity contribution in [2.24, 2.45) is 0 Å². The average Bonchev–Trinajstić information content (AvgIpc) is 3.51. The van der Waals surface area contributed by atoms with Gasteiger partial charge in [-0.3, -0.25) is 9.59 Å². The lowest BCUT2D eigenvalue weighted by Gasteiger charge is -2.21. The monoisotopic (exact) mass is 579 g/mol. The van der Waals surface area contributed by atoms with Gasteiger partial charge < -0.3 is 35.5 Å². The van der Waals surface area contributed by atoms with Crippen LogP contribution in [0.4, 0.5) is 4.79 Å². The van der Waals surface area contributed by atoms with Gasteiger partial charge in [-0.2, -0.15) is 0 Å². The first-order chi connectivity index (χ1) is 20.3. The predicted octanol–water partition coefficient (Wildman–Crippen LogP) is 2.74. The number of alkyl carbamates (subject to hydrolysis) is 1. The lowest BCUT2D eigenvalue weighted by atomic mass is 10.0. The van der Waals surface area contributed by atoms with Crippen molar-refractivity contribution in [2.75, 3.05) is 13.7 Å². The molecule has 42 heavy (non-hydrogen) atoms. The molecule has 5 N–H and O–H groups in total. The van der Waals surface area contributed by atoms with Crippen LogP contribution in [0.2, 0.25) is 0 Å². The number of aromatic amines is 1. The number of amides is 3. The van der Waals surface area contributed by atoms with E-state index >= 15 is 0 Å². The Labute approximate surface area is 244 Å². The number of ether oxygens (including phenoxy) is 2. The van der Waals surface area contributed by atoms with Crippen LogP contribution in [0.1, 0.15) is 42.5 Å². The van der Waals surface area contributed by atoms with E-state index in [0.717, 1.165) is 11.1 Å². The Balaban J connectivity index is 1.46. The lowest BCUT2D eigenvalue weighted by molar-refractivity contribution is -0.142. The van der Waals surface area contributed by atoms with Crippen LogP contribution in [0.5, 0.6) is 5.75 Å². The maximum absolute atomic E-state index is 13.2. The van der Waals surface area contributed by atoms with Gasteiger partial charge in [-0.25, -0.2) is 14.6 Å². The number of nitrogens with one attached hydrogen (secondary N) is 4. The smallest absolute Gasteiger partial charge is 0.407 e. The van der Waals surface area contributed by atoms with Crippen molar-refractivity contribution in [3.05, 3.63) is 83.9 Å². The summed E-state index contributed by atoms with van der Waals surface area (Å²) in [6.45, 7) is 0.596. The maximum Gasteiger partial charge on any atom is 0.407 e. The number of carbonyl (C=O) groups is 4. The van der Waals surface area contributed by atoms with Crippen molar-refractivity contribution in [1.29, 1.82) is 0 Å². The molecule has 0 fully saturated rings. The highest BCUT2D eigenvalue weighted by Gasteiger charge is 2.27. The molecule has 0 aliphatic carbocycles. The van der Waals surface area contributed by atoms with E-state index in [-0.39, 0.29) is 31.8 Å². The number of imidazole rings is 1. The third-order valence-electron chi connectivity index (χ3n) is 6.40. The number of carboxylic acids is 1. The molecule has 3 aromatic rings. The number of aliphatic carboxylic acids is 1. The molecule has 0 radical (unpaired) electrons. The first kappa shape index (κ1) is 31.7. The van der Waals surface area contributed by atoms with Crippen molar-refractivity contribution in [3.8, 4) is 5.75 Å². The molecule has 0 aliphatic heterocycles. The molecule has 1 heterocycles. The second-order valence-electron chi connectivity index (χ2n) is 9.64. The van der Waals surface area contributed by atoms with Gasteiger partial charge in [-0.15, -0.1) is 0 Å². The molecule has 0 unspecified atom stereocenters. The van der Waals surface area contributed by atoms with Crippen LogP contribution < -0.4 is 20.7 Å². The van der Waals surface area contributed by atoms with Crippen LogP contribution in [-0.2, 0) is 38.6 Å². The van der Waals surface area contributed by atoms with Gasteiger partial charge in [0.1, 0.15) is 24.4 Å². The van der Waals surface area contributed by atoms with Crippen LogP contribution in [0.25, 0.3) is 0 Å². The van der Waals surface area contributed by atoms with Crippen molar-refractivity contribution in [1.82, 2.24) is 25.9 Å². The number of H-pyrrole nitrogens is 1. The number of carbonyl (C=O) groups excluding carboxylic acids is 3. The number of benzene rings is 2. The van der Waals surface area contributed by atoms with E-state index in [1.54, 1.807) is 37.6 Å². The molecule has 12 nitrogen and oxygen atoms in total. The molecular weight excluding hydrogens is 542 g/mol. The quantitative estimate of drug-likeness (QED) is 0.152. The summed E-state index contributed by atoms with van der Waals surface area (Å²) in [5, 5.41) is 17.6. The molecular formula is C30H37N5O7. The SMILES string of the molecule is COc1ccc(C[C@H](NC(=O)CCCCCNC(=O)OCc2ccccc2)C(=O)N[C@@H](Cc2c[nH]cn2)C(=O)O)cc1. The Kier molecular flexibility index (Phi) is 12.9. The second-order valence-corrected chi connectivity index (χ2v) is 9.64. The summed E-state index contributed by atoms with van der Waals surface area (Å²) in [6.07, 6.45) is 4.66. The first-order valence-electron chi connectivity index (χ1n) is 13.7. The number of hydrogen-bond donors (Lipinski definition) is 5. The van der Waals surface area contributed by atoms with Gasteiger partial charge in [0.2, 0.25) is 11.8 Å². The fourth-order valence-electron chi connectivity index (χ4n) is 4.11. The van der Waals surface area contributed by atoms with Crippen molar-refractivity contribution in [2.45, 2.75) is 57.2 Å². The predicted molar refractivity (Wildman–Crippen MR) is 154 cm³/mol. The zero-order valence-corrected chi connectivity index (χ0v) is 23.5. The van der Waals surface area contributed by atoms with E-state index in [0.29, 0.717) is 37.3 Å². The fraction of sp³-hybridized carbons (Fsp3) is 0.367. The van der Waals surface area contributed by atoms with Crippen LogP contribution >= 0.6 is 0 Å². The minimum absolute atomic E-state index is 0.0123. The number of methoxy groups -OCH3 is 1. The summed E-state index contributed by atoms with van der Waals surface area (Å²) < 4.78 is 10.3. The maximum atomic E-state index is 13.2. The van der Waals surface area contributed by atoms with Crippen LogP contribution in [0.15, 0.2) is 67.1 Å². The molecule has 0 saturated heterocycles. The van der Waals surface area contributed by atoms with Gasteiger partial charge in [-0.1, -0.05) is 48.9 Å². The van der Waals surface area contributed by atoms with E-state index in [4.69, 9.17) is 9.47 Å². The van der Waals surface area contributed by atoms with Crippen molar-refractivity contribution < 1.29 is 33.8 Å². The highest BCUT2D eigenvalue weighted by atomic mass is 16.5. The summed E-state index contributed by atoms with van der Waals surface area (Å²) in [7, 11) is 1.55. The van der Waals surface area contributed by atoms with Crippen LogP contribution in [0, 0.1) is 0 Å². The van der Waals surface area contributed by atoms with Gasteiger partial charge >= 0.3 is 12.1 Å². The minimum Gasteiger partial charge on any atom is -0.497 e. The van der Waals surface area contributed by atoms with Crippen LogP contribution in [-0.4, -0.2) is 64.7 Å². The normalized spacial score (nSPS) is 12.0. The number of hydrogen-bond acceptors (Lipinski definition) is 7. The summed E-state index contributed by atoms with van der Waals surface area (Å²) >= 11 is 0. The van der Waals surface area contributed by atoms with E-state index in [2.05, 4.69) is 25.9 Å². The van der Waals surface area contributed by atoms with Crippen LogP contribution in [0.3, 0.4) is 0 Å². The molecule has 0 aliphatic rings. The third-order valence-corrected chi connectivity index (χ3v) is 6.40. The standard InChI is InChI=1S/C30H37N5O7/c1-41-24-13-11-21(12-14-24)16-25(28(37)35-26(29(38)39)17-23-18-31-20-33-23)34-27(36)10-6-3-7-15-32-30(40)42-19-22-8-4-2-5-9-22/h2,4-5,8-9,11-14,18,20,25-26H,3,6-7,10,15-17,19H2,1H3,(H,31,33)(H,32,40)(H,34,36)(H,35,37)(H,38,39)/t25-,26-/m0/s1. The van der Waals surface area contributed by atoms with E-state index in [9.17, 15) is 24.3 Å². The highest BCUT2D eigenvalue weighted by Crippen LogP contribution is 2.13. The molecule has 2 aromatic carbocycles. The topological polar surface area (TPSA) is 172 Å². The Morgan fingerprint density at radius 3 is 2.33 bits per heavy atom. The molecule has 224 valence electrons. The number of nitrogens with zero attached hydrogens (tertiary/aromatic N) is 1. The fourth-order valence-corrected chi connectivity index (χ4v) is 4.11. The number of unbranched alkanes of at least 4 members (excludes halogenated alkanes) is 2. The molecule has 2 atom stereocenters. The highest BCUT2D eigenvalue weighted by molar-refractivity contribution is 5.90. The zero-order valence-electron chi connectivity index (χ0n) is 23.5.